The molecule has 35 heavy (non-hydrogen) atoms. The number of carbonyl (C=O) groups is 1. The average molecular weight is 467 g/mol. The van der Waals surface area contributed by atoms with Gasteiger partial charge in [-0.25, -0.2) is 4.98 Å². The van der Waals surface area contributed by atoms with E-state index in [9.17, 15) is 10.1 Å². The Kier molecular flexibility index (Phi) is 6.39. The molecule has 1 atom stereocenters. The Bertz CT molecular complexity index is 1420. The van der Waals surface area contributed by atoms with Gasteiger partial charge < -0.3 is 14.8 Å². The molecule has 1 aliphatic rings. The SMILES string of the molecule is CCn1c2ccccc2c2cc(NC(=O)C(C)N3CCCN(c4ncccc4C#N)CC3)ccc21. The number of amides is 1. The molecule has 1 saturated heterocycles. The van der Waals surface area contributed by atoms with Crippen LogP contribution in [0.1, 0.15) is 25.8 Å². The van der Waals surface area contributed by atoms with E-state index in [1.54, 1.807) is 18.3 Å². The average Bonchev–Trinajstić information content (AvgIpc) is 3.03. The number of rotatable bonds is 5. The van der Waals surface area contributed by atoms with Gasteiger partial charge in [0.2, 0.25) is 5.91 Å². The van der Waals surface area contributed by atoms with E-state index in [0.717, 1.165) is 56.0 Å². The molecule has 3 heterocycles. The highest BCUT2D eigenvalue weighted by atomic mass is 16.2. The molecule has 7 heteroatoms. The zero-order valence-corrected chi connectivity index (χ0v) is 20.2. The molecule has 1 amide bonds. The Hall–Kier alpha value is -3.89. The van der Waals surface area contributed by atoms with Crippen molar-refractivity contribution in [1.82, 2.24) is 14.5 Å². The molecule has 2 aromatic carbocycles. The normalized spacial score (nSPS) is 15.6. The fourth-order valence-electron chi connectivity index (χ4n) is 5.16. The third kappa shape index (κ3) is 4.33. The van der Waals surface area contributed by atoms with Crippen molar-refractivity contribution in [1.29, 1.82) is 5.26 Å². The van der Waals surface area contributed by atoms with Crippen molar-refractivity contribution in [3.8, 4) is 6.07 Å². The summed E-state index contributed by atoms with van der Waals surface area (Å²) in [5.41, 5.74) is 3.80. The van der Waals surface area contributed by atoms with Crippen LogP contribution in [0.25, 0.3) is 21.8 Å². The van der Waals surface area contributed by atoms with Gasteiger partial charge in [-0.3, -0.25) is 9.69 Å². The van der Waals surface area contributed by atoms with Crippen LogP contribution in [0.15, 0.2) is 60.8 Å². The number of nitriles is 1. The first kappa shape index (κ1) is 22.9. The van der Waals surface area contributed by atoms with Crippen LogP contribution >= 0.6 is 0 Å². The second-order valence-corrected chi connectivity index (χ2v) is 9.02. The Morgan fingerprint density at radius 1 is 1.06 bits per heavy atom. The van der Waals surface area contributed by atoms with Crippen LogP contribution < -0.4 is 10.2 Å². The summed E-state index contributed by atoms with van der Waals surface area (Å²) in [7, 11) is 0. The van der Waals surface area contributed by atoms with Gasteiger partial charge in [0.05, 0.1) is 11.6 Å². The maximum absolute atomic E-state index is 13.2. The molecule has 0 bridgehead atoms. The summed E-state index contributed by atoms with van der Waals surface area (Å²) in [6.45, 7) is 8.12. The molecule has 0 spiro atoms. The lowest BCUT2D eigenvalue weighted by atomic mass is 10.1. The molecular formula is C28H30N6O. The summed E-state index contributed by atoms with van der Waals surface area (Å²) in [5.74, 6) is 0.723. The van der Waals surface area contributed by atoms with Gasteiger partial charge in [0.25, 0.3) is 0 Å². The van der Waals surface area contributed by atoms with Gasteiger partial charge in [-0.05, 0) is 56.7 Å². The van der Waals surface area contributed by atoms with Crippen LogP contribution in [0.2, 0.25) is 0 Å². The number of hydrogen-bond donors (Lipinski definition) is 1. The van der Waals surface area contributed by atoms with E-state index < -0.39 is 0 Å². The van der Waals surface area contributed by atoms with Gasteiger partial charge in [0.15, 0.2) is 0 Å². The van der Waals surface area contributed by atoms with Crippen LogP contribution in [-0.4, -0.2) is 52.6 Å². The van der Waals surface area contributed by atoms with E-state index in [2.05, 4.69) is 74.1 Å². The number of fused-ring (bicyclic) bond motifs is 3. The number of hydrogen-bond acceptors (Lipinski definition) is 5. The Morgan fingerprint density at radius 3 is 2.71 bits per heavy atom. The molecule has 1 N–H and O–H groups in total. The minimum absolute atomic E-state index is 0.00687. The number of benzene rings is 2. The zero-order valence-electron chi connectivity index (χ0n) is 20.2. The number of para-hydroxylation sites is 1. The highest BCUT2D eigenvalue weighted by molar-refractivity contribution is 6.10. The minimum atomic E-state index is -0.262. The topological polar surface area (TPSA) is 77.2 Å². The highest BCUT2D eigenvalue weighted by Crippen LogP contribution is 2.31. The monoisotopic (exact) mass is 466 g/mol. The first-order chi connectivity index (χ1) is 17.1. The third-order valence-corrected chi connectivity index (χ3v) is 7.02. The van der Waals surface area contributed by atoms with Crippen molar-refractivity contribution in [3.05, 3.63) is 66.4 Å². The fraction of sp³-hybridized carbons (Fsp3) is 0.321. The number of aryl methyl sites for hydroxylation is 1. The van der Waals surface area contributed by atoms with E-state index in [-0.39, 0.29) is 11.9 Å². The van der Waals surface area contributed by atoms with Gasteiger partial charge in [0, 0.05) is 66.4 Å². The van der Waals surface area contributed by atoms with E-state index in [1.807, 2.05) is 13.0 Å². The minimum Gasteiger partial charge on any atom is -0.354 e. The predicted octanol–water partition coefficient (Wildman–Crippen LogP) is 4.62. The summed E-state index contributed by atoms with van der Waals surface area (Å²) in [6.07, 6.45) is 2.63. The fourth-order valence-corrected chi connectivity index (χ4v) is 5.16. The van der Waals surface area contributed by atoms with Crippen LogP contribution in [0.4, 0.5) is 11.5 Å². The maximum atomic E-state index is 13.2. The summed E-state index contributed by atoms with van der Waals surface area (Å²) in [4.78, 5) is 22.0. The molecule has 0 saturated carbocycles. The lowest BCUT2D eigenvalue weighted by Crippen LogP contribution is -2.44. The smallest absolute Gasteiger partial charge is 0.241 e. The van der Waals surface area contributed by atoms with E-state index in [0.29, 0.717) is 5.56 Å². The number of nitrogens with one attached hydrogen (secondary N) is 1. The van der Waals surface area contributed by atoms with Crippen molar-refractivity contribution >= 4 is 39.2 Å². The van der Waals surface area contributed by atoms with Crippen molar-refractivity contribution in [2.45, 2.75) is 32.9 Å². The van der Waals surface area contributed by atoms with Gasteiger partial charge in [-0.15, -0.1) is 0 Å². The van der Waals surface area contributed by atoms with Gasteiger partial charge in [-0.2, -0.15) is 5.26 Å². The van der Waals surface area contributed by atoms with Crippen molar-refractivity contribution in [2.24, 2.45) is 0 Å². The molecule has 5 rings (SSSR count). The number of aromatic nitrogens is 2. The zero-order chi connectivity index (χ0) is 24.4. The van der Waals surface area contributed by atoms with Crippen LogP contribution in [-0.2, 0) is 11.3 Å². The Labute approximate surface area is 205 Å². The maximum Gasteiger partial charge on any atom is 0.241 e. The van der Waals surface area contributed by atoms with Crippen LogP contribution in [0.3, 0.4) is 0 Å². The predicted molar refractivity (Wildman–Crippen MR) is 141 cm³/mol. The van der Waals surface area contributed by atoms with Gasteiger partial charge >= 0.3 is 0 Å². The molecule has 2 aromatic heterocycles. The molecule has 1 unspecified atom stereocenters. The summed E-state index contributed by atoms with van der Waals surface area (Å²) >= 11 is 0. The van der Waals surface area contributed by atoms with E-state index in [1.165, 1.54) is 16.4 Å². The molecule has 4 aromatic rings. The molecule has 7 nitrogen and oxygen atoms in total. The van der Waals surface area contributed by atoms with Gasteiger partial charge in [-0.1, -0.05) is 18.2 Å². The molecule has 0 radical (unpaired) electrons. The Morgan fingerprint density at radius 2 is 1.89 bits per heavy atom. The van der Waals surface area contributed by atoms with Crippen molar-refractivity contribution < 1.29 is 4.79 Å². The quantitative estimate of drug-likeness (QED) is 0.464. The highest BCUT2D eigenvalue weighted by Gasteiger charge is 2.25. The summed E-state index contributed by atoms with van der Waals surface area (Å²) in [5, 5.41) is 14.9. The third-order valence-electron chi connectivity index (χ3n) is 7.02. The second kappa shape index (κ2) is 9.77. The number of anilines is 2. The first-order valence-electron chi connectivity index (χ1n) is 12.3. The number of carbonyl (C=O) groups excluding carboxylic acids is 1. The number of pyridine rings is 1. The van der Waals surface area contributed by atoms with Crippen LogP contribution in [0, 0.1) is 11.3 Å². The molecule has 1 fully saturated rings. The second-order valence-electron chi connectivity index (χ2n) is 9.02. The molecule has 0 aliphatic carbocycles. The first-order valence-corrected chi connectivity index (χ1v) is 12.3. The van der Waals surface area contributed by atoms with Crippen molar-refractivity contribution in [2.75, 3.05) is 36.4 Å². The standard InChI is InChI=1S/C28H30N6O/c1-3-34-25-10-5-4-9-23(25)24-18-22(11-12-26(24)34)31-28(35)20(2)32-14-7-15-33(17-16-32)27-21(19-29)8-6-13-30-27/h4-6,8-13,18,20H,3,7,14-17H2,1-2H3,(H,31,35). The summed E-state index contributed by atoms with van der Waals surface area (Å²) < 4.78 is 2.31. The lowest BCUT2D eigenvalue weighted by Gasteiger charge is -2.27. The molecule has 178 valence electrons. The van der Waals surface area contributed by atoms with Gasteiger partial charge in [0.1, 0.15) is 11.9 Å². The van der Waals surface area contributed by atoms with E-state index >= 15 is 0 Å². The largest absolute Gasteiger partial charge is 0.354 e. The number of nitrogens with zero attached hydrogens (tertiary/aromatic N) is 5. The lowest BCUT2D eigenvalue weighted by molar-refractivity contribution is -0.120. The Balaban J connectivity index is 1.30. The molecular weight excluding hydrogens is 436 g/mol. The van der Waals surface area contributed by atoms with Crippen molar-refractivity contribution in [3.63, 3.8) is 0 Å². The molecule has 1 aliphatic heterocycles. The summed E-state index contributed by atoms with van der Waals surface area (Å²) in [6, 6.07) is 20.2. The van der Waals surface area contributed by atoms with Crippen LogP contribution in [0.5, 0.6) is 0 Å². The van der Waals surface area contributed by atoms with E-state index in [4.69, 9.17) is 0 Å².